The Hall–Kier alpha value is -1.06. The van der Waals surface area contributed by atoms with E-state index in [1.807, 2.05) is 20.8 Å². The molecule has 0 amide bonds. The van der Waals surface area contributed by atoms with Gasteiger partial charge in [-0.25, -0.2) is 0 Å². The second-order valence-corrected chi connectivity index (χ2v) is 5.58. The number of ether oxygens (including phenoxy) is 2. The van der Waals surface area contributed by atoms with Crippen molar-refractivity contribution in [2.45, 2.75) is 85.9 Å². The van der Waals surface area contributed by atoms with Gasteiger partial charge in [-0.05, 0) is 46.5 Å². The van der Waals surface area contributed by atoms with E-state index in [9.17, 15) is 9.59 Å². The highest BCUT2D eigenvalue weighted by atomic mass is 16.6. The molecular formula is C15H30O4. The van der Waals surface area contributed by atoms with E-state index in [0.717, 1.165) is 12.8 Å². The van der Waals surface area contributed by atoms with Crippen molar-refractivity contribution in [2.75, 3.05) is 0 Å². The summed E-state index contributed by atoms with van der Waals surface area (Å²) in [6.45, 7) is 8.41. The predicted octanol–water partition coefficient (Wildman–Crippen LogP) is 3.87. The lowest BCUT2D eigenvalue weighted by atomic mass is 9.98. The fraction of sp³-hybridized carbons (Fsp3) is 0.867. The van der Waals surface area contributed by atoms with Gasteiger partial charge in [-0.2, -0.15) is 0 Å². The van der Waals surface area contributed by atoms with Gasteiger partial charge >= 0.3 is 11.9 Å². The van der Waals surface area contributed by atoms with Crippen LogP contribution in [0.3, 0.4) is 0 Å². The summed E-state index contributed by atoms with van der Waals surface area (Å²) in [5, 5.41) is 0. The number of hydrogen-bond donors (Lipinski definition) is 0. The zero-order chi connectivity index (χ0) is 14.2. The highest BCUT2D eigenvalue weighted by molar-refractivity contribution is 5.66. The van der Waals surface area contributed by atoms with Crippen LogP contribution in [0.5, 0.6) is 0 Å². The zero-order valence-electron chi connectivity index (χ0n) is 12.2. The SMILES string of the molecule is C.CC(=O)OC(C)(C)C.CC(=O)OC1CCCCC1. The number of esters is 2. The fourth-order valence-corrected chi connectivity index (χ4v) is 1.85. The van der Waals surface area contributed by atoms with Crippen LogP contribution in [0.2, 0.25) is 0 Å². The van der Waals surface area contributed by atoms with Crippen LogP contribution in [0.25, 0.3) is 0 Å². The molecule has 1 aliphatic carbocycles. The highest BCUT2D eigenvalue weighted by Crippen LogP contribution is 2.19. The highest BCUT2D eigenvalue weighted by Gasteiger charge is 2.15. The molecule has 19 heavy (non-hydrogen) atoms. The van der Waals surface area contributed by atoms with Gasteiger partial charge in [-0.15, -0.1) is 0 Å². The van der Waals surface area contributed by atoms with Gasteiger partial charge in [0.1, 0.15) is 11.7 Å². The second-order valence-electron chi connectivity index (χ2n) is 5.58. The molecule has 0 heterocycles. The van der Waals surface area contributed by atoms with Gasteiger partial charge in [0.05, 0.1) is 0 Å². The monoisotopic (exact) mass is 274 g/mol. The Balaban J connectivity index is 0. The van der Waals surface area contributed by atoms with Crippen molar-refractivity contribution in [2.24, 2.45) is 0 Å². The third kappa shape index (κ3) is 14.9. The maximum atomic E-state index is 10.5. The topological polar surface area (TPSA) is 52.6 Å². The van der Waals surface area contributed by atoms with Crippen molar-refractivity contribution in [3.8, 4) is 0 Å². The number of hydrogen-bond acceptors (Lipinski definition) is 4. The van der Waals surface area contributed by atoms with Crippen molar-refractivity contribution in [3.05, 3.63) is 0 Å². The Bertz CT molecular complexity index is 260. The van der Waals surface area contributed by atoms with Gasteiger partial charge in [0.25, 0.3) is 0 Å². The van der Waals surface area contributed by atoms with Gasteiger partial charge < -0.3 is 9.47 Å². The van der Waals surface area contributed by atoms with E-state index < -0.39 is 0 Å². The Morgan fingerprint density at radius 3 is 1.68 bits per heavy atom. The van der Waals surface area contributed by atoms with Crippen molar-refractivity contribution in [1.29, 1.82) is 0 Å². The van der Waals surface area contributed by atoms with E-state index in [0.29, 0.717) is 0 Å². The van der Waals surface area contributed by atoms with Crippen LogP contribution < -0.4 is 0 Å². The first-order valence-electron chi connectivity index (χ1n) is 6.57. The lowest BCUT2D eigenvalue weighted by Crippen LogP contribution is -2.21. The molecular weight excluding hydrogens is 244 g/mol. The molecule has 114 valence electrons. The number of carbonyl (C=O) groups is 2. The molecule has 0 aromatic heterocycles. The molecule has 0 aliphatic heterocycles. The van der Waals surface area contributed by atoms with Gasteiger partial charge in [0, 0.05) is 13.8 Å². The van der Waals surface area contributed by atoms with Crippen LogP contribution >= 0.6 is 0 Å². The Morgan fingerprint density at radius 1 is 0.947 bits per heavy atom. The van der Waals surface area contributed by atoms with Crippen LogP contribution in [0.4, 0.5) is 0 Å². The van der Waals surface area contributed by atoms with Crippen LogP contribution in [-0.4, -0.2) is 23.6 Å². The van der Waals surface area contributed by atoms with E-state index in [1.54, 1.807) is 0 Å². The largest absolute Gasteiger partial charge is 0.463 e. The molecule has 0 atom stereocenters. The summed E-state index contributed by atoms with van der Waals surface area (Å²) in [5.74, 6) is -0.357. The molecule has 1 aliphatic rings. The molecule has 4 nitrogen and oxygen atoms in total. The van der Waals surface area contributed by atoms with E-state index in [1.165, 1.54) is 33.1 Å². The molecule has 0 radical (unpaired) electrons. The summed E-state index contributed by atoms with van der Waals surface area (Å²) in [6.07, 6.45) is 6.11. The van der Waals surface area contributed by atoms with E-state index in [4.69, 9.17) is 9.47 Å². The molecule has 0 N–H and O–H groups in total. The van der Waals surface area contributed by atoms with Crippen molar-refractivity contribution in [1.82, 2.24) is 0 Å². The van der Waals surface area contributed by atoms with Gasteiger partial charge in [0.2, 0.25) is 0 Å². The van der Waals surface area contributed by atoms with E-state index in [2.05, 4.69) is 0 Å². The predicted molar refractivity (Wildman–Crippen MR) is 76.9 cm³/mol. The second kappa shape index (κ2) is 9.82. The minimum Gasteiger partial charge on any atom is -0.463 e. The molecule has 0 spiro atoms. The maximum absolute atomic E-state index is 10.5. The minimum atomic E-state index is -0.328. The molecule has 1 rings (SSSR count). The summed E-state index contributed by atoms with van der Waals surface area (Å²) in [6, 6.07) is 0. The maximum Gasteiger partial charge on any atom is 0.303 e. The van der Waals surface area contributed by atoms with Gasteiger partial charge in [-0.3, -0.25) is 9.59 Å². The van der Waals surface area contributed by atoms with Crippen molar-refractivity contribution in [3.63, 3.8) is 0 Å². The van der Waals surface area contributed by atoms with Crippen molar-refractivity contribution < 1.29 is 19.1 Å². The summed E-state index contributed by atoms with van der Waals surface area (Å²) in [4.78, 5) is 20.7. The smallest absolute Gasteiger partial charge is 0.303 e. The molecule has 1 saturated carbocycles. The Kier molecular flexibility index (Phi) is 10.5. The molecule has 1 fully saturated rings. The third-order valence-electron chi connectivity index (χ3n) is 2.33. The van der Waals surface area contributed by atoms with Gasteiger partial charge in [0.15, 0.2) is 0 Å². The Morgan fingerprint density at radius 2 is 1.42 bits per heavy atom. The summed E-state index contributed by atoms with van der Waals surface area (Å²) >= 11 is 0. The summed E-state index contributed by atoms with van der Waals surface area (Å²) in [7, 11) is 0. The molecule has 0 aromatic rings. The molecule has 0 aromatic carbocycles. The number of carbonyl (C=O) groups excluding carboxylic acids is 2. The first-order valence-corrected chi connectivity index (χ1v) is 6.57. The van der Waals surface area contributed by atoms with E-state index >= 15 is 0 Å². The Labute approximate surface area is 117 Å². The normalized spacial score (nSPS) is 15.4. The molecule has 0 unspecified atom stereocenters. The lowest BCUT2D eigenvalue weighted by molar-refractivity contribution is -0.152. The average Bonchev–Trinajstić information content (AvgIpc) is 2.14. The standard InChI is InChI=1S/C8H14O2.C6H12O2.CH4/c1-7(9)10-8-5-3-2-4-6-8;1-5(7)8-6(2,3)4;/h8H,2-6H2,1H3;1-4H3;1H4. The van der Waals surface area contributed by atoms with E-state index in [-0.39, 0.29) is 31.1 Å². The van der Waals surface area contributed by atoms with Crippen LogP contribution in [0, 0.1) is 0 Å². The quantitative estimate of drug-likeness (QED) is 0.681. The van der Waals surface area contributed by atoms with Crippen LogP contribution in [-0.2, 0) is 19.1 Å². The summed E-state index contributed by atoms with van der Waals surface area (Å²) in [5.41, 5.74) is -0.328. The minimum absolute atomic E-state index is 0. The van der Waals surface area contributed by atoms with Crippen LogP contribution in [0.1, 0.15) is 74.1 Å². The van der Waals surface area contributed by atoms with Crippen molar-refractivity contribution >= 4 is 11.9 Å². The number of rotatable bonds is 1. The third-order valence-corrected chi connectivity index (χ3v) is 2.33. The lowest BCUT2D eigenvalue weighted by Gasteiger charge is -2.20. The fourth-order valence-electron chi connectivity index (χ4n) is 1.85. The van der Waals surface area contributed by atoms with Crippen LogP contribution in [0.15, 0.2) is 0 Å². The van der Waals surface area contributed by atoms with Gasteiger partial charge in [-0.1, -0.05) is 13.8 Å². The molecule has 4 heteroatoms. The zero-order valence-corrected chi connectivity index (χ0v) is 12.2. The first kappa shape index (κ1) is 20.3. The molecule has 0 saturated heterocycles. The molecule has 0 bridgehead atoms. The first-order chi connectivity index (χ1) is 8.20. The average molecular weight is 274 g/mol. The summed E-state index contributed by atoms with van der Waals surface area (Å²) < 4.78 is 9.85.